The van der Waals surface area contributed by atoms with E-state index in [0.717, 1.165) is 41.5 Å². The van der Waals surface area contributed by atoms with Crippen LogP contribution in [0.3, 0.4) is 0 Å². The zero-order chi connectivity index (χ0) is 13.1. The van der Waals surface area contributed by atoms with E-state index in [-0.39, 0.29) is 0 Å². The lowest BCUT2D eigenvalue weighted by Crippen LogP contribution is -2.29. The van der Waals surface area contributed by atoms with Crippen molar-refractivity contribution in [3.8, 4) is 0 Å². The first-order chi connectivity index (χ1) is 8.67. The molecule has 0 aromatic heterocycles. The molecule has 0 aliphatic carbocycles. The Kier molecular flexibility index (Phi) is 4.91. The zero-order valence-corrected chi connectivity index (χ0v) is 12.2. The van der Waals surface area contributed by atoms with Crippen molar-refractivity contribution in [3.63, 3.8) is 0 Å². The van der Waals surface area contributed by atoms with Gasteiger partial charge in [0, 0.05) is 16.1 Å². The van der Waals surface area contributed by atoms with Gasteiger partial charge in [0.15, 0.2) is 0 Å². The summed E-state index contributed by atoms with van der Waals surface area (Å²) in [6.45, 7) is 5.09. The third-order valence-corrected chi connectivity index (χ3v) is 4.30. The second kappa shape index (κ2) is 6.25. The van der Waals surface area contributed by atoms with Crippen molar-refractivity contribution in [1.29, 1.82) is 0 Å². The van der Waals surface area contributed by atoms with Crippen LogP contribution in [0.15, 0.2) is 18.2 Å². The minimum atomic E-state index is 0.321. The van der Waals surface area contributed by atoms with Crippen molar-refractivity contribution >= 4 is 23.2 Å². The van der Waals surface area contributed by atoms with Crippen molar-refractivity contribution < 1.29 is 0 Å². The average Bonchev–Trinajstić information content (AvgIpc) is 2.75. The van der Waals surface area contributed by atoms with E-state index in [9.17, 15) is 0 Å². The Bertz CT molecular complexity index is 409. The fourth-order valence-corrected chi connectivity index (χ4v) is 3.31. The van der Waals surface area contributed by atoms with E-state index in [1.807, 2.05) is 18.2 Å². The molecule has 0 spiro atoms. The van der Waals surface area contributed by atoms with Gasteiger partial charge < -0.3 is 5.73 Å². The topological polar surface area (TPSA) is 29.3 Å². The first-order valence-corrected chi connectivity index (χ1v) is 7.32. The fourth-order valence-electron chi connectivity index (χ4n) is 2.90. The molecule has 1 aromatic carbocycles. The number of benzene rings is 1. The van der Waals surface area contributed by atoms with Gasteiger partial charge in [0.2, 0.25) is 0 Å². The Hall–Kier alpha value is -0.280. The third kappa shape index (κ3) is 2.83. The zero-order valence-electron chi connectivity index (χ0n) is 10.7. The molecule has 4 heteroatoms. The van der Waals surface area contributed by atoms with E-state index < -0.39 is 0 Å². The normalized spacial score (nSPS) is 24.7. The molecule has 1 aliphatic rings. The fraction of sp³-hybridized carbons (Fsp3) is 0.571. The molecule has 1 fully saturated rings. The summed E-state index contributed by atoms with van der Waals surface area (Å²) in [6.07, 6.45) is 2.29. The highest BCUT2D eigenvalue weighted by atomic mass is 35.5. The molecule has 0 amide bonds. The minimum absolute atomic E-state index is 0.321. The standard InChI is InChI=1S/C14H20Cl2N2/c1-2-6-18-7-5-10(9-17)14(18)12-8-11(15)3-4-13(12)16/h3-4,8,10,14H,2,5-7,9,17H2,1H3. The van der Waals surface area contributed by atoms with Gasteiger partial charge in [-0.2, -0.15) is 0 Å². The first-order valence-electron chi connectivity index (χ1n) is 6.56. The van der Waals surface area contributed by atoms with E-state index in [1.54, 1.807) is 0 Å². The van der Waals surface area contributed by atoms with Crippen LogP contribution in [0.2, 0.25) is 10.0 Å². The highest BCUT2D eigenvalue weighted by molar-refractivity contribution is 6.33. The van der Waals surface area contributed by atoms with Gasteiger partial charge >= 0.3 is 0 Å². The number of hydrogen-bond acceptors (Lipinski definition) is 2. The Labute approximate surface area is 119 Å². The van der Waals surface area contributed by atoms with Crippen molar-refractivity contribution in [2.24, 2.45) is 11.7 Å². The van der Waals surface area contributed by atoms with Gasteiger partial charge in [-0.05, 0) is 62.2 Å². The molecule has 2 unspecified atom stereocenters. The number of halogens is 2. The SMILES string of the molecule is CCCN1CCC(CN)C1c1cc(Cl)ccc1Cl. The molecule has 18 heavy (non-hydrogen) atoms. The summed E-state index contributed by atoms with van der Waals surface area (Å²) in [5.41, 5.74) is 7.04. The van der Waals surface area contributed by atoms with Crippen LogP contribution in [0.5, 0.6) is 0 Å². The molecule has 2 N–H and O–H groups in total. The predicted molar refractivity (Wildman–Crippen MR) is 78.2 cm³/mol. The van der Waals surface area contributed by atoms with Gasteiger partial charge in [0.05, 0.1) is 0 Å². The number of nitrogens with zero attached hydrogens (tertiary/aromatic N) is 1. The smallest absolute Gasteiger partial charge is 0.0455 e. The van der Waals surface area contributed by atoms with E-state index in [1.165, 1.54) is 0 Å². The molecule has 100 valence electrons. The lowest BCUT2D eigenvalue weighted by atomic mass is 9.93. The highest BCUT2D eigenvalue weighted by Gasteiger charge is 2.34. The average molecular weight is 287 g/mol. The molecule has 2 atom stereocenters. The van der Waals surface area contributed by atoms with Gasteiger partial charge in [-0.3, -0.25) is 4.90 Å². The maximum atomic E-state index is 6.34. The second-order valence-electron chi connectivity index (χ2n) is 4.93. The van der Waals surface area contributed by atoms with Crippen LogP contribution in [0.4, 0.5) is 0 Å². The third-order valence-electron chi connectivity index (χ3n) is 3.72. The Balaban J connectivity index is 2.33. The highest BCUT2D eigenvalue weighted by Crippen LogP contribution is 2.40. The molecule has 2 nitrogen and oxygen atoms in total. The van der Waals surface area contributed by atoms with Gasteiger partial charge in [0.25, 0.3) is 0 Å². The van der Waals surface area contributed by atoms with E-state index >= 15 is 0 Å². The van der Waals surface area contributed by atoms with Crippen LogP contribution < -0.4 is 5.73 Å². The molecule has 0 radical (unpaired) electrons. The molecule has 0 saturated carbocycles. The molecule has 1 aromatic rings. The predicted octanol–water partition coefficient (Wildman–Crippen LogP) is 3.73. The van der Waals surface area contributed by atoms with E-state index in [2.05, 4.69) is 11.8 Å². The number of hydrogen-bond donors (Lipinski definition) is 1. The lowest BCUT2D eigenvalue weighted by Gasteiger charge is -2.28. The molecule has 1 heterocycles. The quantitative estimate of drug-likeness (QED) is 0.914. The van der Waals surface area contributed by atoms with Crippen LogP contribution in [-0.2, 0) is 0 Å². The molecule has 1 saturated heterocycles. The van der Waals surface area contributed by atoms with Crippen LogP contribution >= 0.6 is 23.2 Å². The molecule has 0 bridgehead atoms. The van der Waals surface area contributed by atoms with Gasteiger partial charge in [-0.1, -0.05) is 30.1 Å². The van der Waals surface area contributed by atoms with E-state index in [0.29, 0.717) is 18.5 Å². The molecular formula is C14H20Cl2N2. The van der Waals surface area contributed by atoms with Crippen molar-refractivity contribution in [2.75, 3.05) is 19.6 Å². The summed E-state index contributed by atoms with van der Waals surface area (Å²) in [4.78, 5) is 2.48. The van der Waals surface area contributed by atoms with Crippen molar-refractivity contribution in [3.05, 3.63) is 33.8 Å². The van der Waals surface area contributed by atoms with Crippen LogP contribution in [0.1, 0.15) is 31.4 Å². The number of nitrogens with two attached hydrogens (primary N) is 1. The monoisotopic (exact) mass is 286 g/mol. The van der Waals surface area contributed by atoms with Crippen molar-refractivity contribution in [2.45, 2.75) is 25.8 Å². The van der Waals surface area contributed by atoms with Gasteiger partial charge in [-0.15, -0.1) is 0 Å². The molecule has 2 rings (SSSR count). The Morgan fingerprint density at radius 2 is 2.17 bits per heavy atom. The van der Waals surface area contributed by atoms with Crippen LogP contribution in [-0.4, -0.2) is 24.5 Å². The summed E-state index contributed by atoms with van der Waals surface area (Å²) >= 11 is 12.4. The van der Waals surface area contributed by atoms with Crippen LogP contribution in [0, 0.1) is 5.92 Å². The van der Waals surface area contributed by atoms with Gasteiger partial charge in [-0.25, -0.2) is 0 Å². The first kappa shape index (κ1) is 14.1. The van der Waals surface area contributed by atoms with Crippen molar-refractivity contribution in [1.82, 2.24) is 4.90 Å². The maximum Gasteiger partial charge on any atom is 0.0455 e. The summed E-state index contributed by atoms with van der Waals surface area (Å²) in [5, 5.41) is 1.54. The summed E-state index contributed by atoms with van der Waals surface area (Å²) in [5.74, 6) is 0.479. The van der Waals surface area contributed by atoms with Crippen LogP contribution in [0.25, 0.3) is 0 Å². The van der Waals surface area contributed by atoms with E-state index in [4.69, 9.17) is 28.9 Å². The lowest BCUT2D eigenvalue weighted by molar-refractivity contribution is 0.231. The summed E-state index contributed by atoms with van der Waals surface area (Å²) < 4.78 is 0. The maximum absolute atomic E-state index is 6.34. The summed E-state index contributed by atoms with van der Waals surface area (Å²) in [7, 11) is 0. The molecular weight excluding hydrogens is 267 g/mol. The molecule has 1 aliphatic heterocycles. The Morgan fingerprint density at radius 3 is 2.83 bits per heavy atom. The minimum Gasteiger partial charge on any atom is -0.330 e. The second-order valence-corrected chi connectivity index (χ2v) is 5.77. The van der Waals surface area contributed by atoms with Gasteiger partial charge in [0.1, 0.15) is 0 Å². The number of likely N-dealkylation sites (tertiary alicyclic amines) is 1. The number of rotatable bonds is 4. The largest absolute Gasteiger partial charge is 0.330 e. The Morgan fingerprint density at radius 1 is 1.39 bits per heavy atom. The summed E-state index contributed by atoms with van der Waals surface area (Å²) in [6, 6.07) is 6.03.